The van der Waals surface area contributed by atoms with E-state index in [0.29, 0.717) is 6.61 Å². The minimum Gasteiger partial charge on any atom is -0.497 e. The van der Waals surface area contributed by atoms with Gasteiger partial charge in [-0.05, 0) is 60.2 Å². The Morgan fingerprint density at radius 3 is 2.13 bits per heavy atom. The monoisotopic (exact) mass is 346 g/mol. The van der Waals surface area contributed by atoms with Gasteiger partial charge in [0.25, 0.3) is 0 Å². The Morgan fingerprint density at radius 2 is 1.52 bits per heavy atom. The van der Waals surface area contributed by atoms with Crippen molar-refractivity contribution >= 4 is 23.5 Å². The minimum atomic E-state index is 0.187. The van der Waals surface area contributed by atoms with Gasteiger partial charge in [0.1, 0.15) is 18.1 Å². The van der Waals surface area contributed by atoms with Crippen LogP contribution in [0.15, 0.2) is 48.5 Å². The topological polar surface area (TPSA) is 18.5 Å². The Bertz CT molecular complexity index is 617. The van der Waals surface area contributed by atoms with Crippen LogP contribution in [-0.2, 0) is 10.7 Å². The van der Waals surface area contributed by atoms with Crippen LogP contribution in [0, 0.1) is 0 Å². The zero-order valence-corrected chi connectivity index (χ0v) is 15.2. The maximum Gasteiger partial charge on any atom is 0.119 e. The SMILES string of the molecule is COc1ccc(COc2ccc(C3(C)SCCCS3)cc2)cc1. The molecule has 0 bridgehead atoms. The van der Waals surface area contributed by atoms with Gasteiger partial charge >= 0.3 is 0 Å². The van der Waals surface area contributed by atoms with E-state index in [1.54, 1.807) is 7.11 Å². The van der Waals surface area contributed by atoms with Crippen LogP contribution in [0.4, 0.5) is 0 Å². The third-order valence-electron chi connectivity index (χ3n) is 3.99. The molecule has 1 fully saturated rings. The molecule has 2 aromatic rings. The summed E-state index contributed by atoms with van der Waals surface area (Å²) in [5, 5.41) is 0. The molecule has 0 aromatic heterocycles. The molecule has 0 aliphatic carbocycles. The molecule has 3 rings (SSSR count). The quantitative estimate of drug-likeness (QED) is 0.729. The normalized spacial score (nSPS) is 16.8. The Kier molecular flexibility index (Phi) is 5.44. The van der Waals surface area contributed by atoms with Crippen LogP contribution in [0.1, 0.15) is 24.5 Å². The Labute approximate surface area is 147 Å². The number of rotatable bonds is 5. The van der Waals surface area contributed by atoms with E-state index in [0.717, 1.165) is 17.1 Å². The van der Waals surface area contributed by atoms with E-state index in [2.05, 4.69) is 31.2 Å². The molecule has 122 valence electrons. The van der Waals surface area contributed by atoms with E-state index in [9.17, 15) is 0 Å². The van der Waals surface area contributed by atoms with Gasteiger partial charge in [-0.15, -0.1) is 23.5 Å². The largest absolute Gasteiger partial charge is 0.497 e. The first-order valence-corrected chi connectivity index (χ1v) is 9.81. The molecule has 0 saturated carbocycles. The average Bonchev–Trinajstić information content (AvgIpc) is 2.61. The van der Waals surface area contributed by atoms with Gasteiger partial charge in [0, 0.05) is 0 Å². The summed E-state index contributed by atoms with van der Waals surface area (Å²) in [5.41, 5.74) is 2.52. The molecule has 0 unspecified atom stereocenters. The lowest BCUT2D eigenvalue weighted by molar-refractivity contribution is 0.306. The highest BCUT2D eigenvalue weighted by Gasteiger charge is 2.30. The molecule has 0 radical (unpaired) electrons. The fourth-order valence-electron chi connectivity index (χ4n) is 2.54. The van der Waals surface area contributed by atoms with Crippen LogP contribution in [0.25, 0.3) is 0 Å². The van der Waals surface area contributed by atoms with Gasteiger partial charge in [-0.25, -0.2) is 0 Å². The van der Waals surface area contributed by atoms with Gasteiger partial charge in [-0.2, -0.15) is 0 Å². The molecule has 0 N–H and O–H groups in total. The van der Waals surface area contributed by atoms with Crippen molar-refractivity contribution in [3.8, 4) is 11.5 Å². The van der Waals surface area contributed by atoms with Crippen LogP contribution in [0.5, 0.6) is 11.5 Å². The number of methoxy groups -OCH3 is 1. The number of hydrogen-bond acceptors (Lipinski definition) is 4. The fourth-order valence-corrected chi connectivity index (χ4v) is 5.52. The number of hydrogen-bond donors (Lipinski definition) is 0. The maximum atomic E-state index is 5.89. The van der Waals surface area contributed by atoms with Gasteiger partial charge < -0.3 is 9.47 Å². The van der Waals surface area contributed by atoms with E-state index in [4.69, 9.17) is 9.47 Å². The minimum absolute atomic E-state index is 0.187. The predicted molar refractivity (Wildman–Crippen MR) is 101 cm³/mol. The summed E-state index contributed by atoms with van der Waals surface area (Å²) in [6, 6.07) is 16.6. The van der Waals surface area contributed by atoms with Gasteiger partial charge in [0.15, 0.2) is 0 Å². The molecular weight excluding hydrogens is 324 g/mol. The van der Waals surface area contributed by atoms with E-state index < -0.39 is 0 Å². The van der Waals surface area contributed by atoms with E-state index in [1.165, 1.54) is 23.5 Å². The molecule has 4 heteroatoms. The van der Waals surface area contributed by atoms with Crippen molar-refractivity contribution in [2.24, 2.45) is 0 Å². The number of ether oxygens (including phenoxy) is 2. The molecule has 1 aliphatic heterocycles. The lowest BCUT2D eigenvalue weighted by atomic mass is 10.1. The second-order valence-corrected chi connectivity index (χ2v) is 8.94. The fraction of sp³-hybridized carbons (Fsp3) is 0.368. The van der Waals surface area contributed by atoms with Crippen molar-refractivity contribution in [3.05, 3.63) is 59.7 Å². The smallest absolute Gasteiger partial charge is 0.119 e. The van der Waals surface area contributed by atoms with E-state index in [-0.39, 0.29) is 4.08 Å². The standard InChI is InChI=1S/C19H22O2S2/c1-19(22-12-3-13-23-19)16-6-10-18(11-7-16)21-14-15-4-8-17(20-2)9-5-15/h4-11H,3,12-14H2,1-2H3. The second kappa shape index (κ2) is 7.54. The highest BCUT2D eigenvalue weighted by molar-refractivity contribution is 8.18. The average molecular weight is 347 g/mol. The molecule has 0 spiro atoms. The summed E-state index contributed by atoms with van der Waals surface area (Å²) < 4.78 is 11.2. The summed E-state index contributed by atoms with van der Waals surface area (Å²) in [6.07, 6.45) is 1.31. The molecule has 2 nitrogen and oxygen atoms in total. The summed E-state index contributed by atoms with van der Waals surface area (Å²) in [4.78, 5) is 0. The first kappa shape index (κ1) is 16.6. The van der Waals surface area contributed by atoms with Gasteiger partial charge in [0.2, 0.25) is 0 Å². The van der Waals surface area contributed by atoms with Crippen molar-refractivity contribution < 1.29 is 9.47 Å². The van der Waals surface area contributed by atoms with Crippen LogP contribution >= 0.6 is 23.5 Å². The molecule has 0 atom stereocenters. The molecular formula is C19H22O2S2. The summed E-state index contributed by atoms with van der Waals surface area (Å²) in [5.74, 6) is 4.28. The molecule has 1 aliphatic rings. The van der Waals surface area contributed by atoms with Crippen molar-refractivity contribution in [2.45, 2.75) is 24.0 Å². The van der Waals surface area contributed by atoms with Gasteiger partial charge in [-0.1, -0.05) is 24.3 Å². The predicted octanol–water partition coefficient (Wildman–Crippen LogP) is 5.32. The molecule has 0 amide bonds. The first-order chi connectivity index (χ1) is 11.2. The Morgan fingerprint density at radius 1 is 0.913 bits per heavy atom. The Balaban J connectivity index is 1.60. The first-order valence-electron chi connectivity index (χ1n) is 7.84. The lowest BCUT2D eigenvalue weighted by Crippen LogP contribution is -2.18. The maximum absolute atomic E-state index is 5.89. The van der Waals surface area contributed by atoms with Crippen molar-refractivity contribution in [2.75, 3.05) is 18.6 Å². The van der Waals surface area contributed by atoms with Crippen molar-refractivity contribution in [3.63, 3.8) is 0 Å². The summed E-state index contributed by atoms with van der Waals surface area (Å²) >= 11 is 4.10. The second-order valence-electron chi connectivity index (χ2n) is 5.66. The van der Waals surface area contributed by atoms with Crippen LogP contribution in [0.2, 0.25) is 0 Å². The molecule has 23 heavy (non-hydrogen) atoms. The highest BCUT2D eigenvalue weighted by Crippen LogP contribution is 2.49. The third-order valence-corrected chi connectivity index (χ3v) is 7.25. The lowest BCUT2D eigenvalue weighted by Gasteiger charge is -2.32. The zero-order chi connectivity index (χ0) is 16.1. The third kappa shape index (κ3) is 4.18. The highest BCUT2D eigenvalue weighted by atomic mass is 32.2. The van der Waals surface area contributed by atoms with E-state index >= 15 is 0 Å². The van der Waals surface area contributed by atoms with Crippen LogP contribution < -0.4 is 9.47 Å². The van der Waals surface area contributed by atoms with Gasteiger partial charge in [0.05, 0.1) is 11.2 Å². The van der Waals surface area contributed by atoms with Crippen LogP contribution in [-0.4, -0.2) is 18.6 Å². The van der Waals surface area contributed by atoms with Crippen molar-refractivity contribution in [1.82, 2.24) is 0 Å². The molecule has 1 heterocycles. The van der Waals surface area contributed by atoms with Crippen LogP contribution in [0.3, 0.4) is 0 Å². The number of benzene rings is 2. The molecule has 1 saturated heterocycles. The number of thioether (sulfide) groups is 2. The summed E-state index contributed by atoms with van der Waals surface area (Å²) in [7, 11) is 1.68. The zero-order valence-electron chi connectivity index (χ0n) is 13.6. The van der Waals surface area contributed by atoms with Crippen molar-refractivity contribution in [1.29, 1.82) is 0 Å². The van der Waals surface area contributed by atoms with E-state index in [1.807, 2.05) is 47.8 Å². The molecule has 2 aromatic carbocycles. The Hall–Kier alpha value is -1.26. The van der Waals surface area contributed by atoms with Gasteiger partial charge in [-0.3, -0.25) is 0 Å². The summed E-state index contributed by atoms with van der Waals surface area (Å²) in [6.45, 7) is 2.90.